The average Bonchev–Trinajstić information content (AvgIpc) is 3.02. The van der Waals surface area contributed by atoms with E-state index in [1.807, 2.05) is 59.7 Å². The van der Waals surface area contributed by atoms with Crippen molar-refractivity contribution in [1.82, 2.24) is 0 Å². The summed E-state index contributed by atoms with van der Waals surface area (Å²) in [6, 6.07) is 20.0. The van der Waals surface area contributed by atoms with E-state index in [0.717, 1.165) is 5.56 Å². The van der Waals surface area contributed by atoms with E-state index in [4.69, 9.17) is 22.9 Å². The fourth-order valence-corrected chi connectivity index (χ4v) is 3.81. The lowest BCUT2D eigenvalue weighted by Crippen LogP contribution is -1.98. The summed E-state index contributed by atoms with van der Waals surface area (Å²) in [6.45, 7) is 13.8. The van der Waals surface area contributed by atoms with Crippen molar-refractivity contribution >= 4 is 70.1 Å². The number of nitrogens with zero attached hydrogens (tertiary/aromatic N) is 4. The number of fused-ring (bicyclic) bond motifs is 1. The van der Waals surface area contributed by atoms with Crippen LogP contribution in [0.1, 0.15) is 47.1 Å². The molecule has 0 amide bonds. The van der Waals surface area contributed by atoms with Crippen LogP contribution in [0, 0.1) is 6.92 Å². The molecule has 0 atom stereocenters. The van der Waals surface area contributed by atoms with E-state index in [9.17, 15) is 26.5 Å². The fraction of sp³-hybridized carbons (Fsp3) is 0.267. The Morgan fingerprint density at radius 1 is 0.667 bits per heavy atom. The smallest absolute Gasteiger partial charge is 0.425 e. The van der Waals surface area contributed by atoms with Crippen molar-refractivity contribution in [3.63, 3.8) is 0 Å². The number of rotatable bonds is 5. The van der Waals surface area contributed by atoms with Crippen molar-refractivity contribution in [2.24, 2.45) is 20.5 Å². The van der Waals surface area contributed by atoms with Crippen LogP contribution in [0.25, 0.3) is 10.8 Å². The van der Waals surface area contributed by atoms with Crippen LogP contribution in [-0.4, -0.2) is 49.9 Å². The van der Waals surface area contributed by atoms with Crippen LogP contribution in [0.5, 0.6) is 5.75 Å². The third-order valence-corrected chi connectivity index (χ3v) is 5.74. The molecule has 0 aliphatic carbocycles. The minimum absolute atomic E-state index is 0.0355. The van der Waals surface area contributed by atoms with Crippen LogP contribution < -0.4 is 5.73 Å². The molecule has 0 aliphatic rings. The number of phenols is 1. The van der Waals surface area contributed by atoms with Gasteiger partial charge in [0.1, 0.15) is 22.0 Å². The molecule has 4 aromatic carbocycles. The largest absolute Gasteiger partial charge is 0.505 e. The van der Waals surface area contributed by atoms with Crippen LogP contribution >= 0.6 is 0 Å². The Morgan fingerprint density at radius 2 is 1.10 bits per heavy atom. The lowest BCUT2D eigenvalue weighted by atomic mass is 10.1. The van der Waals surface area contributed by atoms with Crippen molar-refractivity contribution < 1.29 is 43.7 Å². The molecule has 0 bridgehead atoms. The molecule has 0 radical (unpaired) electrons. The topological polar surface area (TPSA) is 256 Å². The Kier molecular flexibility index (Phi) is 21.6. The standard InChI is InChI=1S/C23H19N5O4S.3C2H6.CH4O3S.O3S/c1-14-7-12-20(33(30,31)32)19(13-14)28-26-17-10-8-15-9-11-18(23(29)21(15)22(17)24)27-25-16-5-3-2-4-6-16;3*1-2;1-5(2,3)4;1-4(2)3/h2-13,29H,24H2,1H3,(H,30,31,32);3*1-2H3;1H3,(H,2,3,4);. The van der Waals surface area contributed by atoms with Crippen molar-refractivity contribution in [2.75, 3.05) is 12.0 Å². The van der Waals surface area contributed by atoms with Crippen LogP contribution in [-0.2, 0) is 30.8 Å². The summed E-state index contributed by atoms with van der Waals surface area (Å²) in [5, 5.41) is 28.0. The predicted molar refractivity (Wildman–Crippen MR) is 187 cm³/mol. The Hall–Kier alpha value is -4.62. The van der Waals surface area contributed by atoms with Crippen LogP contribution in [0.15, 0.2) is 98.1 Å². The molecular weight excluding hydrogens is 687 g/mol. The summed E-state index contributed by atoms with van der Waals surface area (Å²) in [7, 11) is -11.3. The first-order valence-corrected chi connectivity index (χ1v) is 18.5. The molecule has 0 saturated carbocycles. The zero-order valence-electron chi connectivity index (χ0n) is 27.7. The summed E-state index contributed by atoms with van der Waals surface area (Å²) in [5.41, 5.74) is 8.14. The van der Waals surface area contributed by atoms with Gasteiger partial charge in [-0.05, 0) is 54.3 Å². The summed E-state index contributed by atoms with van der Waals surface area (Å²) in [5.74, 6) is -0.170. The SMILES string of the molecule is CC.CC.CC.CS(=O)(=O)O.Cc1ccc(S(=O)(=O)O)c(N=Nc2ccc3ccc(N=Nc4ccccc4)c(O)c3c2N)c1.O=S(=O)=O. The number of anilines is 1. The van der Waals surface area contributed by atoms with Crippen molar-refractivity contribution in [2.45, 2.75) is 53.4 Å². The van der Waals surface area contributed by atoms with Gasteiger partial charge in [-0.3, -0.25) is 9.11 Å². The van der Waals surface area contributed by atoms with Gasteiger partial charge in [0.2, 0.25) is 0 Å². The number of azo groups is 2. The second kappa shape index (κ2) is 22.8. The van der Waals surface area contributed by atoms with Gasteiger partial charge < -0.3 is 10.8 Å². The Morgan fingerprint density at radius 3 is 1.58 bits per heavy atom. The maximum absolute atomic E-state index is 11.6. The minimum atomic E-state index is -4.49. The summed E-state index contributed by atoms with van der Waals surface area (Å²) in [4.78, 5) is -0.373. The number of aryl methyl sites for hydroxylation is 1. The van der Waals surface area contributed by atoms with Gasteiger partial charge in [-0.1, -0.05) is 77.9 Å². The molecule has 0 spiro atoms. The molecule has 0 saturated heterocycles. The van der Waals surface area contributed by atoms with Crippen LogP contribution in [0.2, 0.25) is 0 Å². The number of nitrogens with two attached hydrogens (primary N) is 1. The number of phenolic OH excluding ortho intramolecular Hbond substituents is 1. The van der Waals surface area contributed by atoms with Crippen LogP contribution in [0.3, 0.4) is 0 Å². The first-order chi connectivity index (χ1) is 22.5. The number of benzene rings is 4. The normalized spacial score (nSPS) is 10.5. The number of aromatic hydroxyl groups is 1. The Balaban J connectivity index is 0. The van der Waals surface area contributed by atoms with Crippen LogP contribution in [0.4, 0.5) is 28.4 Å². The summed E-state index contributed by atoms with van der Waals surface area (Å²) >= 11 is 0. The molecule has 18 heteroatoms. The van der Waals surface area contributed by atoms with Gasteiger partial charge in [0, 0.05) is 0 Å². The molecule has 4 rings (SSSR count). The van der Waals surface area contributed by atoms with Gasteiger partial charge in [-0.25, -0.2) is 0 Å². The van der Waals surface area contributed by atoms with E-state index >= 15 is 0 Å². The molecule has 0 aromatic heterocycles. The maximum atomic E-state index is 11.6. The van der Waals surface area contributed by atoms with Gasteiger partial charge in [0.15, 0.2) is 5.75 Å². The third kappa shape index (κ3) is 17.3. The highest BCUT2D eigenvalue weighted by molar-refractivity contribution is 7.86. The quantitative estimate of drug-likeness (QED) is 0.0867. The van der Waals surface area contributed by atoms with Gasteiger partial charge in [0.25, 0.3) is 20.2 Å². The highest BCUT2D eigenvalue weighted by atomic mass is 32.2. The zero-order chi connectivity index (χ0) is 37.7. The zero-order valence-corrected chi connectivity index (χ0v) is 30.2. The molecule has 264 valence electrons. The highest BCUT2D eigenvalue weighted by Gasteiger charge is 2.16. The fourth-order valence-electron chi connectivity index (χ4n) is 3.21. The van der Waals surface area contributed by atoms with Gasteiger partial charge >= 0.3 is 10.6 Å². The van der Waals surface area contributed by atoms with Crippen molar-refractivity contribution in [3.8, 4) is 5.75 Å². The number of hydrogen-bond acceptors (Lipinski definition) is 13. The maximum Gasteiger partial charge on any atom is 0.425 e. The third-order valence-electron chi connectivity index (χ3n) is 4.84. The Bertz CT molecular complexity index is 1970. The molecular formula is C30H41N5O10S3. The van der Waals surface area contributed by atoms with E-state index in [0.29, 0.717) is 22.7 Å². The summed E-state index contributed by atoms with van der Waals surface area (Å²) in [6.07, 6.45) is 0.715. The number of hydrogen-bond donors (Lipinski definition) is 4. The first kappa shape index (κ1) is 45.5. The lowest BCUT2D eigenvalue weighted by molar-refractivity contribution is 0.482. The summed E-state index contributed by atoms with van der Waals surface area (Å²) < 4.78 is 83.9. The first-order valence-electron chi connectivity index (χ1n) is 14.2. The average molecular weight is 728 g/mol. The molecule has 4 aromatic rings. The molecule has 5 N–H and O–H groups in total. The molecule has 48 heavy (non-hydrogen) atoms. The molecule has 0 unspecified atom stereocenters. The molecule has 0 fully saturated rings. The van der Waals surface area contributed by atoms with Crippen molar-refractivity contribution in [1.29, 1.82) is 0 Å². The van der Waals surface area contributed by atoms with E-state index in [1.165, 1.54) is 18.2 Å². The lowest BCUT2D eigenvalue weighted by Gasteiger charge is -2.09. The van der Waals surface area contributed by atoms with Gasteiger partial charge in [-0.2, -0.15) is 21.9 Å². The Labute approximate surface area is 282 Å². The van der Waals surface area contributed by atoms with Gasteiger partial charge in [-0.15, -0.1) is 28.0 Å². The van der Waals surface area contributed by atoms with E-state index in [1.54, 1.807) is 43.3 Å². The van der Waals surface area contributed by atoms with E-state index in [-0.39, 0.29) is 33.4 Å². The molecule has 0 heterocycles. The van der Waals surface area contributed by atoms with E-state index in [2.05, 4.69) is 20.5 Å². The highest BCUT2D eigenvalue weighted by Crippen LogP contribution is 2.42. The second-order valence-electron chi connectivity index (χ2n) is 8.15. The minimum Gasteiger partial charge on any atom is -0.505 e. The monoisotopic (exact) mass is 727 g/mol. The molecule has 15 nitrogen and oxygen atoms in total. The number of nitrogen functional groups attached to an aromatic ring is 1. The predicted octanol–water partition coefficient (Wildman–Crippen LogP) is 8.09. The van der Waals surface area contributed by atoms with E-state index < -0.39 is 30.8 Å². The second-order valence-corrected chi connectivity index (χ2v) is 11.4. The van der Waals surface area contributed by atoms with Gasteiger partial charge in [0.05, 0.1) is 23.0 Å². The molecule has 0 aliphatic heterocycles. The van der Waals surface area contributed by atoms with Crippen molar-refractivity contribution in [3.05, 3.63) is 78.4 Å².